The summed E-state index contributed by atoms with van der Waals surface area (Å²) >= 11 is 6.82. The zero-order valence-corrected chi connectivity index (χ0v) is 18.0. The van der Waals surface area contributed by atoms with E-state index >= 15 is 0 Å². The molecule has 9 heteroatoms. The highest BCUT2D eigenvalue weighted by Gasteiger charge is 2.28. The minimum Gasteiger partial charge on any atom is -0.409 e. The number of hydrogen-bond acceptors (Lipinski definition) is 5. The van der Waals surface area contributed by atoms with Crippen LogP contribution in [0.2, 0.25) is 0 Å². The molecule has 0 aromatic heterocycles. The molecule has 0 bridgehead atoms. The maximum Gasteiger partial charge on any atom is 0.313 e. The van der Waals surface area contributed by atoms with Gasteiger partial charge in [0.1, 0.15) is 0 Å². The van der Waals surface area contributed by atoms with Crippen molar-refractivity contribution in [3.05, 3.63) is 35.9 Å². The molecule has 1 amide bonds. The summed E-state index contributed by atoms with van der Waals surface area (Å²) in [7, 11) is 2.84. The van der Waals surface area contributed by atoms with E-state index in [9.17, 15) is 13.8 Å². The molecule has 0 aliphatic heterocycles. The van der Waals surface area contributed by atoms with Gasteiger partial charge >= 0.3 is 5.97 Å². The lowest BCUT2D eigenvalue weighted by Gasteiger charge is -2.22. The molecule has 0 aliphatic carbocycles. The lowest BCUT2D eigenvalue weighted by atomic mass is 9.96. The van der Waals surface area contributed by atoms with Gasteiger partial charge in [-0.25, -0.2) is 0 Å². The standard InChI is InChI=1S/C16H22FNO3P2S2/c1-11(15(20)21-23(17)22)9-13(14(19)18(2)3)10-25-16(24)12-7-5-4-6-8-12/h4-8,11,13H,9-10,22H2,1-3H3. The van der Waals surface area contributed by atoms with Crippen LogP contribution in [0.4, 0.5) is 4.20 Å². The first-order valence-corrected chi connectivity index (χ1v) is 11.7. The van der Waals surface area contributed by atoms with E-state index in [-0.39, 0.29) is 12.3 Å². The van der Waals surface area contributed by atoms with Crippen molar-refractivity contribution < 1.29 is 18.3 Å². The van der Waals surface area contributed by atoms with Gasteiger partial charge < -0.3 is 9.42 Å². The summed E-state index contributed by atoms with van der Waals surface area (Å²) in [6.07, 6.45) is 0.286. The second-order valence-corrected chi connectivity index (χ2v) is 9.35. The van der Waals surface area contributed by atoms with Crippen molar-refractivity contribution in [1.29, 1.82) is 0 Å². The van der Waals surface area contributed by atoms with Crippen LogP contribution >= 0.6 is 41.1 Å². The largest absolute Gasteiger partial charge is 0.409 e. The third-order valence-corrected chi connectivity index (χ3v) is 5.76. The van der Waals surface area contributed by atoms with Gasteiger partial charge in [0.2, 0.25) is 5.91 Å². The van der Waals surface area contributed by atoms with Crippen LogP contribution in [0.25, 0.3) is 0 Å². The van der Waals surface area contributed by atoms with Gasteiger partial charge in [0.05, 0.1) is 10.1 Å². The molecular formula is C16H22FNO3P2S2. The monoisotopic (exact) mass is 421 g/mol. The van der Waals surface area contributed by atoms with E-state index in [1.54, 1.807) is 21.0 Å². The Labute approximate surface area is 161 Å². The second kappa shape index (κ2) is 11.2. The molecule has 138 valence electrons. The van der Waals surface area contributed by atoms with Crippen molar-refractivity contribution in [2.45, 2.75) is 13.3 Å². The van der Waals surface area contributed by atoms with Crippen LogP contribution in [-0.2, 0) is 14.1 Å². The normalized spacial score (nSPS) is 14.3. The van der Waals surface area contributed by atoms with Crippen LogP contribution in [0.1, 0.15) is 18.9 Å². The number of hydrogen-bond donors (Lipinski definition) is 0. The SMILES string of the molecule is CC(CC(CSC(=S)c1ccccc1)C(=O)N(C)C)C(=O)OP(F)P. The molecular weight excluding hydrogens is 399 g/mol. The van der Waals surface area contributed by atoms with E-state index in [0.29, 0.717) is 9.95 Å². The summed E-state index contributed by atoms with van der Waals surface area (Å²) in [5, 5.41) is 0. The lowest BCUT2D eigenvalue weighted by Crippen LogP contribution is -2.33. The van der Waals surface area contributed by atoms with Crippen molar-refractivity contribution in [3.63, 3.8) is 0 Å². The molecule has 0 radical (unpaired) electrons. The van der Waals surface area contributed by atoms with Crippen LogP contribution in [0.15, 0.2) is 30.3 Å². The molecule has 25 heavy (non-hydrogen) atoms. The number of thiocarbonyl (C=S) groups is 1. The van der Waals surface area contributed by atoms with Gasteiger partial charge in [-0.2, -0.15) is 4.20 Å². The Morgan fingerprint density at radius 1 is 1.36 bits per heavy atom. The maximum atomic E-state index is 12.9. The number of carbonyl (C=O) groups excluding carboxylic acids is 2. The molecule has 0 aliphatic rings. The fourth-order valence-electron chi connectivity index (χ4n) is 2.14. The molecule has 0 N–H and O–H groups in total. The number of amides is 1. The van der Waals surface area contributed by atoms with Crippen LogP contribution in [0.5, 0.6) is 0 Å². The first-order chi connectivity index (χ1) is 11.7. The molecule has 0 saturated heterocycles. The van der Waals surface area contributed by atoms with Crippen LogP contribution in [0, 0.1) is 11.8 Å². The average Bonchev–Trinajstić information content (AvgIpc) is 2.57. The maximum absolute atomic E-state index is 12.9. The average molecular weight is 421 g/mol. The van der Waals surface area contributed by atoms with Crippen LogP contribution in [0.3, 0.4) is 0 Å². The molecule has 0 fully saturated rings. The number of rotatable bonds is 8. The summed E-state index contributed by atoms with van der Waals surface area (Å²) in [6, 6.07) is 9.55. The van der Waals surface area contributed by atoms with Crippen LogP contribution < -0.4 is 0 Å². The fourth-order valence-corrected chi connectivity index (χ4v) is 4.08. The highest BCUT2D eigenvalue weighted by atomic mass is 32.2. The van der Waals surface area contributed by atoms with Crippen molar-refractivity contribution in [1.82, 2.24) is 4.90 Å². The first-order valence-electron chi connectivity index (χ1n) is 7.58. The minimum atomic E-state index is -2.33. The van der Waals surface area contributed by atoms with Gasteiger partial charge in [-0.3, -0.25) is 9.59 Å². The fraction of sp³-hybridized carbons (Fsp3) is 0.438. The van der Waals surface area contributed by atoms with E-state index in [2.05, 4.69) is 4.52 Å². The van der Waals surface area contributed by atoms with Gasteiger partial charge in [0.15, 0.2) is 0 Å². The summed E-state index contributed by atoms with van der Waals surface area (Å²) < 4.78 is 18.2. The zero-order valence-electron chi connectivity index (χ0n) is 14.3. The molecule has 1 aromatic rings. The number of nitrogens with zero attached hydrogens (tertiary/aromatic N) is 1. The topological polar surface area (TPSA) is 46.6 Å². The van der Waals surface area contributed by atoms with Gasteiger partial charge in [-0.05, 0) is 20.9 Å². The summed E-state index contributed by atoms with van der Waals surface area (Å²) in [4.78, 5) is 25.7. The van der Waals surface area contributed by atoms with Gasteiger partial charge in [0, 0.05) is 25.8 Å². The predicted molar refractivity (Wildman–Crippen MR) is 110 cm³/mol. The van der Waals surface area contributed by atoms with Crippen molar-refractivity contribution >= 4 is 57.1 Å². The van der Waals surface area contributed by atoms with E-state index in [4.69, 9.17) is 12.2 Å². The number of thioether (sulfide) groups is 1. The Bertz CT molecular complexity index is 602. The lowest BCUT2D eigenvalue weighted by molar-refractivity contribution is -0.139. The quantitative estimate of drug-likeness (QED) is 0.459. The highest BCUT2D eigenvalue weighted by Crippen LogP contribution is 2.47. The van der Waals surface area contributed by atoms with Crippen molar-refractivity contribution in [3.8, 4) is 0 Å². The molecule has 0 heterocycles. The smallest absolute Gasteiger partial charge is 0.313 e. The summed E-state index contributed by atoms with van der Waals surface area (Å²) in [5.74, 6) is -1.24. The second-order valence-electron chi connectivity index (χ2n) is 5.71. The molecule has 4 atom stereocenters. The Morgan fingerprint density at radius 2 is 1.96 bits per heavy atom. The van der Waals surface area contributed by atoms with E-state index in [1.807, 2.05) is 39.3 Å². The van der Waals surface area contributed by atoms with Gasteiger partial charge in [-0.1, -0.05) is 49.5 Å². The van der Waals surface area contributed by atoms with Crippen molar-refractivity contribution in [2.75, 3.05) is 19.8 Å². The van der Waals surface area contributed by atoms with Gasteiger partial charge in [-0.15, -0.1) is 11.8 Å². The van der Waals surface area contributed by atoms with Crippen molar-refractivity contribution in [2.24, 2.45) is 11.8 Å². The Hall–Kier alpha value is -0.610. The molecule has 4 unspecified atom stereocenters. The molecule has 0 spiro atoms. The van der Waals surface area contributed by atoms with E-state index < -0.39 is 26.0 Å². The van der Waals surface area contributed by atoms with Crippen LogP contribution in [-0.4, -0.2) is 40.8 Å². The molecule has 1 aromatic carbocycles. The number of halogens is 1. The van der Waals surface area contributed by atoms with E-state index in [0.717, 1.165) is 5.56 Å². The number of carbonyl (C=O) groups is 2. The Morgan fingerprint density at radius 3 is 2.48 bits per heavy atom. The van der Waals surface area contributed by atoms with E-state index in [1.165, 1.54) is 16.7 Å². The van der Waals surface area contributed by atoms with Gasteiger partial charge in [0.25, 0.3) is 8.15 Å². The minimum absolute atomic E-state index is 0.0867. The predicted octanol–water partition coefficient (Wildman–Crippen LogP) is 4.44. The Balaban J connectivity index is 2.72. The molecule has 4 nitrogen and oxygen atoms in total. The third-order valence-electron chi connectivity index (χ3n) is 3.43. The molecule has 1 rings (SSSR count). The highest BCUT2D eigenvalue weighted by molar-refractivity contribution is 8.23. The molecule has 0 saturated carbocycles. The first kappa shape index (κ1) is 22.4. The third kappa shape index (κ3) is 8.08. The summed E-state index contributed by atoms with van der Waals surface area (Å²) in [6.45, 7) is 1.64. The summed E-state index contributed by atoms with van der Waals surface area (Å²) in [5.41, 5.74) is 0.928. The zero-order chi connectivity index (χ0) is 19.0. The number of benzene rings is 1. The Kier molecular flexibility index (Phi) is 10.0.